The van der Waals surface area contributed by atoms with Crippen LogP contribution in [0.5, 0.6) is 5.75 Å². The van der Waals surface area contributed by atoms with Crippen molar-refractivity contribution in [2.45, 2.75) is 32.0 Å². The van der Waals surface area contributed by atoms with Crippen molar-refractivity contribution < 1.29 is 27.8 Å². The number of alkyl halides is 3. The second-order valence-electron chi connectivity index (χ2n) is 7.63. The molecular formula is C23H25F3N6O3. The van der Waals surface area contributed by atoms with E-state index >= 15 is 0 Å². The van der Waals surface area contributed by atoms with Crippen molar-refractivity contribution in [2.75, 3.05) is 30.3 Å². The second kappa shape index (κ2) is 11.4. The van der Waals surface area contributed by atoms with Gasteiger partial charge in [-0.3, -0.25) is 0 Å². The zero-order valence-electron chi connectivity index (χ0n) is 18.9. The molecule has 186 valence electrons. The highest BCUT2D eigenvalue weighted by molar-refractivity contribution is 5.78. The van der Waals surface area contributed by atoms with Crippen LogP contribution in [0.4, 0.5) is 30.4 Å². The number of nitrogens with one attached hydrogen (secondary N) is 3. The predicted molar refractivity (Wildman–Crippen MR) is 124 cm³/mol. The highest BCUT2D eigenvalue weighted by Gasteiger charge is 2.38. The molecule has 9 nitrogen and oxygen atoms in total. The third-order valence-corrected chi connectivity index (χ3v) is 5.13. The van der Waals surface area contributed by atoms with E-state index in [0.29, 0.717) is 18.2 Å². The van der Waals surface area contributed by atoms with E-state index in [2.05, 4.69) is 27.1 Å². The molecule has 3 aromatic rings. The molecule has 1 saturated heterocycles. The average Bonchev–Trinajstić information content (AvgIpc) is 3.31. The number of pyridine rings is 1. The molecule has 1 aliphatic rings. The minimum absolute atomic E-state index is 0.310. The minimum Gasteiger partial charge on any atom is -0.494 e. The fraction of sp³-hybridized carbons (Fsp3) is 0.348. The van der Waals surface area contributed by atoms with Crippen LogP contribution in [0.25, 0.3) is 5.52 Å². The number of anilines is 3. The number of ether oxygens (including phenoxy) is 1. The van der Waals surface area contributed by atoms with Crippen molar-refractivity contribution in [2.24, 2.45) is 0 Å². The molecule has 1 fully saturated rings. The Morgan fingerprint density at radius 3 is 2.63 bits per heavy atom. The SMILES string of the molecule is CCOc1ccc(Nc2cc(N[C@H]3CCCNC3)c(C#N)c3ccnn23)cc1.O=C(O)C(F)(F)F. The Hall–Kier alpha value is -3.98. The molecule has 1 aliphatic heterocycles. The second-order valence-corrected chi connectivity index (χ2v) is 7.63. The van der Waals surface area contributed by atoms with E-state index in [1.807, 2.05) is 43.3 Å². The van der Waals surface area contributed by atoms with Gasteiger partial charge in [-0.1, -0.05) is 0 Å². The number of carboxylic acid groups (broad SMARTS) is 1. The third kappa shape index (κ3) is 6.77. The standard InChI is InChI=1S/C21H24N6O.C2HF3O2/c1-2-28-17-7-5-15(6-8-17)26-21-12-19(25-16-4-3-10-23-14-16)18(13-22)20-9-11-24-27(20)21;3-2(4,5)1(6)7/h5-9,11-12,16,23,25-26H,2-4,10,14H2,1H3;(H,6,7)/t16-;/m0./s1. The van der Waals surface area contributed by atoms with Crippen molar-refractivity contribution in [1.82, 2.24) is 14.9 Å². The lowest BCUT2D eigenvalue weighted by molar-refractivity contribution is -0.192. The summed E-state index contributed by atoms with van der Waals surface area (Å²) in [7, 11) is 0. The van der Waals surface area contributed by atoms with Gasteiger partial charge in [0.05, 0.1) is 24.0 Å². The number of nitriles is 1. The molecule has 4 N–H and O–H groups in total. The Kier molecular flexibility index (Phi) is 8.38. The van der Waals surface area contributed by atoms with Gasteiger partial charge in [0.15, 0.2) is 0 Å². The largest absolute Gasteiger partial charge is 0.494 e. The number of aromatic nitrogens is 2. The van der Waals surface area contributed by atoms with Crippen LogP contribution < -0.4 is 20.7 Å². The van der Waals surface area contributed by atoms with E-state index in [4.69, 9.17) is 14.6 Å². The van der Waals surface area contributed by atoms with E-state index in [0.717, 1.165) is 54.4 Å². The van der Waals surface area contributed by atoms with Gasteiger partial charge in [0.25, 0.3) is 0 Å². The molecular weight excluding hydrogens is 465 g/mol. The smallest absolute Gasteiger partial charge is 0.490 e. The molecule has 0 amide bonds. The number of carbonyl (C=O) groups is 1. The number of fused-ring (bicyclic) bond motifs is 1. The maximum Gasteiger partial charge on any atom is 0.490 e. The van der Waals surface area contributed by atoms with Crippen molar-refractivity contribution in [3.05, 3.63) is 48.2 Å². The molecule has 35 heavy (non-hydrogen) atoms. The van der Waals surface area contributed by atoms with E-state index < -0.39 is 12.1 Å². The third-order valence-electron chi connectivity index (χ3n) is 5.13. The summed E-state index contributed by atoms with van der Waals surface area (Å²) in [5.74, 6) is -1.12. The van der Waals surface area contributed by atoms with Crippen LogP contribution in [0.1, 0.15) is 25.3 Å². The first-order valence-corrected chi connectivity index (χ1v) is 10.9. The van der Waals surface area contributed by atoms with E-state index in [1.165, 1.54) is 0 Å². The lowest BCUT2D eigenvalue weighted by atomic mass is 10.1. The number of rotatable bonds is 6. The molecule has 0 saturated carbocycles. The summed E-state index contributed by atoms with van der Waals surface area (Å²) in [6.07, 6.45) is -1.15. The molecule has 1 atom stereocenters. The first-order valence-electron chi connectivity index (χ1n) is 10.9. The summed E-state index contributed by atoms with van der Waals surface area (Å²) < 4.78 is 39.0. The summed E-state index contributed by atoms with van der Waals surface area (Å²) in [6, 6.07) is 14.3. The number of aliphatic carboxylic acids is 1. The molecule has 12 heteroatoms. The molecule has 0 aliphatic carbocycles. The van der Waals surface area contributed by atoms with Crippen LogP contribution in [-0.2, 0) is 4.79 Å². The number of hydrogen-bond acceptors (Lipinski definition) is 7. The molecule has 2 aromatic heterocycles. The number of nitrogens with zero attached hydrogens (tertiary/aromatic N) is 3. The van der Waals surface area contributed by atoms with Crippen LogP contribution in [0.15, 0.2) is 42.6 Å². The molecule has 0 bridgehead atoms. The zero-order valence-corrected chi connectivity index (χ0v) is 18.9. The van der Waals surface area contributed by atoms with Gasteiger partial charge in [-0.2, -0.15) is 23.5 Å². The Morgan fingerprint density at radius 2 is 2.06 bits per heavy atom. The number of hydrogen-bond donors (Lipinski definition) is 4. The van der Waals surface area contributed by atoms with Gasteiger partial charge < -0.3 is 25.8 Å². The summed E-state index contributed by atoms with van der Waals surface area (Å²) >= 11 is 0. The van der Waals surface area contributed by atoms with Gasteiger partial charge >= 0.3 is 12.1 Å². The monoisotopic (exact) mass is 490 g/mol. The highest BCUT2D eigenvalue weighted by atomic mass is 19.4. The lowest BCUT2D eigenvalue weighted by Crippen LogP contribution is -2.38. The first kappa shape index (κ1) is 25.6. The Labute approximate surface area is 199 Å². The van der Waals surface area contributed by atoms with Gasteiger partial charge in [-0.05, 0) is 56.6 Å². The minimum atomic E-state index is -5.08. The van der Waals surface area contributed by atoms with E-state index in [1.54, 1.807) is 10.7 Å². The van der Waals surface area contributed by atoms with Crippen molar-refractivity contribution >= 4 is 28.7 Å². The number of benzene rings is 1. The summed E-state index contributed by atoms with van der Waals surface area (Å²) in [4.78, 5) is 8.90. The highest BCUT2D eigenvalue weighted by Crippen LogP contribution is 2.29. The van der Waals surface area contributed by atoms with E-state index in [9.17, 15) is 18.4 Å². The van der Waals surface area contributed by atoms with E-state index in [-0.39, 0.29) is 0 Å². The topological polar surface area (TPSA) is 124 Å². The Balaban J connectivity index is 0.000000429. The van der Waals surface area contributed by atoms with Crippen LogP contribution in [-0.4, -0.2) is 52.6 Å². The lowest BCUT2D eigenvalue weighted by Gasteiger charge is -2.26. The Bertz CT molecular complexity index is 1180. The van der Waals surface area contributed by atoms with Gasteiger partial charge in [0.2, 0.25) is 0 Å². The number of halogens is 3. The van der Waals surface area contributed by atoms with Crippen LogP contribution >= 0.6 is 0 Å². The molecule has 3 heterocycles. The zero-order chi connectivity index (χ0) is 25.4. The van der Waals surface area contributed by atoms with Crippen molar-refractivity contribution in [3.8, 4) is 11.8 Å². The number of carboxylic acids is 1. The molecule has 0 spiro atoms. The van der Waals surface area contributed by atoms with Crippen LogP contribution in [0, 0.1) is 11.3 Å². The maximum absolute atomic E-state index is 10.6. The van der Waals surface area contributed by atoms with Crippen molar-refractivity contribution in [3.63, 3.8) is 0 Å². The molecule has 1 aromatic carbocycles. The maximum atomic E-state index is 10.6. The van der Waals surface area contributed by atoms with Gasteiger partial charge in [-0.15, -0.1) is 0 Å². The quantitative estimate of drug-likeness (QED) is 0.407. The summed E-state index contributed by atoms with van der Waals surface area (Å²) in [6.45, 7) is 4.56. The van der Waals surface area contributed by atoms with Gasteiger partial charge in [0, 0.05) is 24.3 Å². The first-order chi connectivity index (χ1) is 16.7. The summed E-state index contributed by atoms with van der Waals surface area (Å²) in [5.41, 5.74) is 3.15. The predicted octanol–water partition coefficient (Wildman–Crippen LogP) is 4.15. The fourth-order valence-corrected chi connectivity index (χ4v) is 3.56. The average molecular weight is 490 g/mol. The normalized spacial score (nSPS) is 15.5. The van der Waals surface area contributed by atoms with Crippen molar-refractivity contribution in [1.29, 1.82) is 5.26 Å². The summed E-state index contributed by atoms with van der Waals surface area (Å²) in [5, 5.41) is 31.6. The van der Waals surface area contributed by atoms with Crippen LogP contribution in [0.3, 0.4) is 0 Å². The molecule has 4 rings (SSSR count). The number of piperidine rings is 1. The van der Waals surface area contributed by atoms with Gasteiger partial charge in [-0.25, -0.2) is 9.31 Å². The van der Waals surface area contributed by atoms with Gasteiger partial charge in [0.1, 0.15) is 23.2 Å². The fourth-order valence-electron chi connectivity index (χ4n) is 3.56. The van der Waals surface area contributed by atoms with Crippen LogP contribution in [0.2, 0.25) is 0 Å². The molecule has 0 unspecified atom stereocenters. The Morgan fingerprint density at radius 1 is 1.34 bits per heavy atom. The molecule has 0 radical (unpaired) electrons.